The summed E-state index contributed by atoms with van der Waals surface area (Å²) in [6.07, 6.45) is 6.85. The standard InChI is InChI=1S/C19H23BrN4O2/c1-11-6-14(25)10-24(11)13-4-2-12(3-5-13)23-19-18(20)16-7-15(8-21)26-17(16)9-22-19/h7,9,11-14,25H,2-6,10H2,1H3,(H,22,23)/t11-,12?,13?,14+/m0/s1. The zero-order chi connectivity index (χ0) is 18.3. The summed E-state index contributed by atoms with van der Waals surface area (Å²) in [5.74, 6) is 1.10. The number of likely N-dealkylation sites (tertiary alicyclic amines) is 1. The number of aliphatic hydroxyl groups excluding tert-OH is 1. The third-order valence-corrected chi connectivity index (χ3v) is 6.54. The van der Waals surface area contributed by atoms with Crippen molar-refractivity contribution >= 4 is 32.7 Å². The summed E-state index contributed by atoms with van der Waals surface area (Å²) in [6, 6.07) is 5.21. The molecule has 0 amide bonds. The molecule has 0 spiro atoms. The van der Waals surface area contributed by atoms with Crippen LogP contribution in [0, 0.1) is 11.3 Å². The first-order chi connectivity index (χ1) is 12.5. The monoisotopic (exact) mass is 418 g/mol. The van der Waals surface area contributed by atoms with E-state index in [0.29, 0.717) is 29.5 Å². The first-order valence-electron chi connectivity index (χ1n) is 9.23. The van der Waals surface area contributed by atoms with Gasteiger partial charge in [-0.05, 0) is 55.0 Å². The van der Waals surface area contributed by atoms with Gasteiger partial charge in [0, 0.05) is 36.1 Å². The lowest BCUT2D eigenvalue weighted by atomic mass is 9.90. The summed E-state index contributed by atoms with van der Waals surface area (Å²) in [6.45, 7) is 3.03. The Morgan fingerprint density at radius 2 is 2.15 bits per heavy atom. The highest BCUT2D eigenvalue weighted by atomic mass is 79.9. The van der Waals surface area contributed by atoms with E-state index in [9.17, 15) is 5.11 Å². The molecule has 2 atom stereocenters. The predicted molar refractivity (Wildman–Crippen MR) is 103 cm³/mol. The summed E-state index contributed by atoms with van der Waals surface area (Å²) >= 11 is 3.60. The van der Waals surface area contributed by atoms with Gasteiger partial charge >= 0.3 is 0 Å². The first kappa shape index (κ1) is 17.8. The van der Waals surface area contributed by atoms with E-state index in [-0.39, 0.29) is 6.10 Å². The van der Waals surface area contributed by atoms with E-state index in [0.717, 1.165) is 54.3 Å². The number of nitrogens with one attached hydrogen (secondary N) is 1. The van der Waals surface area contributed by atoms with E-state index in [1.807, 2.05) is 6.07 Å². The van der Waals surface area contributed by atoms with Crippen LogP contribution in [0.2, 0.25) is 0 Å². The molecular weight excluding hydrogens is 396 g/mol. The number of nitriles is 1. The highest BCUT2D eigenvalue weighted by Crippen LogP contribution is 2.34. The number of rotatable bonds is 3. The highest BCUT2D eigenvalue weighted by Gasteiger charge is 2.35. The summed E-state index contributed by atoms with van der Waals surface area (Å²) in [7, 11) is 0. The average molecular weight is 419 g/mol. The van der Waals surface area contributed by atoms with Crippen LogP contribution in [0.25, 0.3) is 11.0 Å². The third-order valence-electron chi connectivity index (χ3n) is 5.73. The molecule has 3 heterocycles. The van der Waals surface area contributed by atoms with Crippen molar-refractivity contribution in [3.8, 4) is 6.07 Å². The fourth-order valence-corrected chi connectivity index (χ4v) is 4.94. The molecule has 0 aromatic carbocycles. The van der Waals surface area contributed by atoms with Crippen molar-refractivity contribution in [3.63, 3.8) is 0 Å². The molecule has 2 fully saturated rings. The Bertz CT molecular complexity index is 838. The lowest BCUT2D eigenvalue weighted by molar-refractivity contribution is 0.124. The Morgan fingerprint density at radius 1 is 1.38 bits per heavy atom. The van der Waals surface area contributed by atoms with Crippen LogP contribution < -0.4 is 5.32 Å². The zero-order valence-electron chi connectivity index (χ0n) is 14.8. The van der Waals surface area contributed by atoms with Crippen molar-refractivity contribution < 1.29 is 9.52 Å². The number of pyridine rings is 1. The maximum atomic E-state index is 9.89. The summed E-state index contributed by atoms with van der Waals surface area (Å²) in [5.41, 5.74) is 0.615. The third kappa shape index (κ3) is 3.34. The lowest BCUT2D eigenvalue weighted by Crippen LogP contribution is -2.42. The minimum Gasteiger partial charge on any atom is -0.444 e. The van der Waals surface area contributed by atoms with Crippen LogP contribution >= 0.6 is 15.9 Å². The zero-order valence-corrected chi connectivity index (χ0v) is 16.4. The molecule has 0 unspecified atom stereocenters. The molecule has 26 heavy (non-hydrogen) atoms. The molecule has 7 heteroatoms. The molecule has 0 radical (unpaired) electrons. The average Bonchev–Trinajstić information content (AvgIpc) is 3.21. The quantitative estimate of drug-likeness (QED) is 0.790. The van der Waals surface area contributed by atoms with Crippen molar-refractivity contribution in [1.82, 2.24) is 9.88 Å². The molecule has 0 bridgehead atoms. The number of β-amino-alcohol motifs (C(OH)–C–C–N with tert-alkyl or cyclic N) is 1. The molecule has 1 saturated carbocycles. The minimum absolute atomic E-state index is 0.166. The van der Waals surface area contributed by atoms with Crippen LogP contribution in [-0.2, 0) is 0 Å². The Hall–Kier alpha value is -1.62. The second kappa shape index (κ2) is 7.18. The van der Waals surface area contributed by atoms with Crippen LogP contribution in [0.5, 0.6) is 0 Å². The minimum atomic E-state index is -0.166. The molecule has 2 aromatic rings. The van der Waals surface area contributed by atoms with Crippen LogP contribution in [0.15, 0.2) is 21.2 Å². The Morgan fingerprint density at radius 3 is 2.81 bits per heavy atom. The van der Waals surface area contributed by atoms with Gasteiger partial charge in [0.2, 0.25) is 5.76 Å². The molecule has 2 aromatic heterocycles. The molecule has 6 nitrogen and oxygen atoms in total. The van der Waals surface area contributed by atoms with Crippen molar-refractivity contribution in [1.29, 1.82) is 5.26 Å². The number of hydrogen-bond donors (Lipinski definition) is 2. The Balaban J connectivity index is 1.41. The van der Waals surface area contributed by atoms with Gasteiger partial charge in [0.05, 0.1) is 16.8 Å². The van der Waals surface area contributed by atoms with Gasteiger partial charge in [-0.3, -0.25) is 4.90 Å². The predicted octanol–water partition coefficient (Wildman–Crippen LogP) is 3.64. The molecule has 1 aliphatic carbocycles. The Labute approximate surface area is 161 Å². The van der Waals surface area contributed by atoms with Gasteiger partial charge in [0.25, 0.3) is 0 Å². The summed E-state index contributed by atoms with van der Waals surface area (Å²) in [5, 5.41) is 23.3. The van der Waals surface area contributed by atoms with Crippen LogP contribution in [0.3, 0.4) is 0 Å². The number of nitrogens with zero attached hydrogens (tertiary/aromatic N) is 3. The summed E-state index contributed by atoms with van der Waals surface area (Å²) in [4.78, 5) is 6.94. The Kier molecular flexibility index (Phi) is 4.91. The number of fused-ring (bicyclic) bond motifs is 1. The largest absolute Gasteiger partial charge is 0.444 e. The van der Waals surface area contributed by atoms with Gasteiger partial charge in [-0.25, -0.2) is 4.98 Å². The van der Waals surface area contributed by atoms with Gasteiger partial charge < -0.3 is 14.8 Å². The van der Waals surface area contributed by atoms with E-state index >= 15 is 0 Å². The number of halogens is 1. The van der Waals surface area contributed by atoms with Crippen molar-refractivity contribution in [3.05, 3.63) is 22.5 Å². The van der Waals surface area contributed by atoms with E-state index < -0.39 is 0 Å². The fourth-order valence-electron chi connectivity index (χ4n) is 4.42. The highest BCUT2D eigenvalue weighted by molar-refractivity contribution is 9.10. The van der Waals surface area contributed by atoms with Gasteiger partial charge in [0.1, 0.15) is 11.9 Å². The van der Waals surface area contributed by atoms with Crippen molar-refractivity contribution in [2.45, 2.75) is 63.3 Å². The van der Waals surface area contributed by atoms with Crippen LogP contribution in [-0.4, -0.2) is 45.8 Å². The second-order valence-electron chi connectivity index (χ2n) is 7.51. The molecular formula is C19H23BrN4O2. The molecule has 4 rings (SSSR count). The SMILES string of the molecule is C[C@H]1C[C@@H](O)CN1C1CCC(Nc2ncc3oc(C#N)cc3c2Br)CC1. The molecule has 138 valence electrons. The number of anilines is 1. The smallest absolute Gasteiger partial charge is 0.204 e. The number of furan rings is 1. The topological polar surface area (TPSA) is 85.3 Å². The number of hydrogen-bond acceptors (Lipinski definition) is 6. The normalized spacial score (nSPS) is 29.8. The van der Waals surface area contributed by atoms with E-state index in [4.69, 9.17) is 9.68 Å². The van der Waals surface area contributed by atoms with Crippen molar-refractivity contribution in [2.24, 2.45) is 0 Å². The number of aliphatic hydroxyl groups is 1. The first-order valence-corrected chi connectivity index (χ1v) is 10.0. The van der Waals surface area contributed by atoms with Crippen molar-refractivity contribution in [2.75, 3.05) is 11.9 Å². The van der Waals surface area contributed by atoms with Gasteiger partial charge in [-0.15, -0.1) is 0 Å². The maximum Gasteiger partial charge on any atom is 0.204 e. The van der Waals surface area contributed by atoms with Gasteiger partial charge in [-0.1, -0.05) is 0 Å². The van der Waals surface area contributed by atoms with E-state index in [1.165, 1.54) is 0 Å². The van der Waals surface area contributed by atoms with Crippen LogP contribution in [0.4, 0.5) is 5.82 Å². The lowest BCUT2D eigenvalue weighted by Gasteiger charge is -2.37. The summed E-state index contributed by atoms with van der Waals surface area (Å²) < 4.78 is 6.27. The van der Waals surface area contributed by atoms with E-state index in [2.05, 4.69) is 38.1 Å². The maximum absolute atomic E-state index is 9.89. The van der Waals surface area contributed by atoms with E-state index in [1.54, 1.807) is 12.3 Å². The van der Waals surface area contributed by atoms with Gasteiger partial charge in [-0.2, -0.15) is 5.26 Å². The fraction of sp³-hybridized carbons (Fsp3) is 0.579. The second-order valence-corrected chi connectivity index (χ2v) is 8.30. The van der Waals surface area contributed by atoms with Crippen LogP contribution in [0.1, 0.15) is 44.8 Å². The van der Waals surface area contributed by atoms with Gasteiger partial charge in [0.15, 0.2) is 5.58 Å². The molecule has 1 saturated heterocycles. The number of aromatic nitrogens is 1. The molecule has 2 N–H and O–H groups in total. The molecule has 2 aliphatic rings. The molecule has 1 aliphatic heterocycles.